The van der Waals surface area contributed by atoms with E-state index in [1.807, 2.05) is 0 Å². The highest BCUT2D eigenvalue weighted by molar-refractivity contribution is 5.92. The van der Waals surface area contributed by atoms with Gasteiger partial charge in [-0.3, -0.25) is 0 Å². The van der Waals surface area contributed by atoms with E-state index in [4.69, 9.17) is 10.8 Å². The summed E-state index contributed by atoms with van der Waals surface area (Å²) in [7, 11) is 0. The number of carboxylic acid groups (broad SMARTS) is 1. The molecular weight excluding hydrogens is 268 g/mol. The molecule has 3 nitrogen and oxygen atoms in total. The number of hydrogen-bond donors (Lipinski definition) is 2. The van der Waals surface area contributed by atoms with Crippen LogP contribution in [0.5, 0.6) is 0 Å². The van der Waals surface area contributed by atoms with Crippen LogP contribution in [0.15, 0.2) is 12.1 Å². The van der Waals surface area contributed by atoms with Gasteiger partial charge >= 0.3 is 18.3 Å². The maximum atomic E-state index is 12.5. The van der Waals surface area contributed by atoms with E-state index in [9.17, 15) is 31.1 Å². The summed E-state index contributed by atoms with van der Waals surface area (Å²) in [6.45, 7) is 0. The molecule has 1 rings (SSSR count). The van der Waals surface area contributed by atoms with Crippen LogP contribution in [0.25, 0.3) is 0 Å². The van der Waals surface area contributed by atoms with E-state index >= 15 is 0 Å². The average Bonchev–Trinajstić information content (AvgIpc) is 2.12. The number of nitrogen functional groups attached to an aromatic ring is 1. The molecule has 0 radical (unpaired) electrons. The number of anilines is 1. The van der Waals surface area contributed by atoms with Gasteiger partial charge in [0.05, 0.1) is 16.7 Å². The van der Waals surface area contributed by atoms with Crippen LogP contribution >= 0.6 is 0 Å². The van der Waals surface area contributed by atoms with E-state index in [1.54, 1.807) is 0 Å². The van der Waals surface area contributed by atoms with Gasteiger partial charge in [-0.2, -0.15) is 26.3 Å². The van der Waals surface area contributed by atoms with Gasteiger partial charge in [-0.25, -0.2) is 4.79 Å². The maximum absolute atomic E-state index is 12.5. The lowest BCUT2D eigenvalue weighted by Gasteiger charge is -2.16. The predicted molar refractivity (Wildman–Crippen MR) is 47.8 cm³/mol. The van der Waals surface area contributed by atoms with Crippen LogP contribution < -0.4 is 5.73 Å². The van der Waals surface area contributed by atoms with Gasteiger partial charge in [-0.15, -0.1) is 0 Å². The minimum atomic E-state index is -5.15. The van der Waals surface area contributed by atoms with Crippen LogP contribution in [-0.2, 0) is 12.4 Å². The van der Waals surface area contributed by atoms with Crippen LogP contribution in [-0.4, -0.2) is 11.1 Å². The Hall–Kier alpha value is -1.93. The maximum Gasteiger partial charge on any atom is 0.419 e. The number of rotatable bonds is 1. The zero-order valence-corrected chi connectivity index (χ0v) is 8.36. The Morgan fingerprint density at radius 1 is 1.06 bits per heavy atom. The third-order valence-corrected chi connectivity index (χ3v) is 2.01. The van der Waals surface area contributed by atoms with Crippen molar-refractivity contribution in [1.82, 2.24) is 0 Å². The minimum Gasteiger partial charge on any atom is -0.478 e. The highest BCUT2D eigenvalue weighted by atomic mass is 19.4. The van der Waals surface area contributed by atoms with E-state index in [2.05, 4.69) is 0 Å². The second-order valence-corrected chi connectivity index (χ2v) is 3.29. The monoisotopic (exact) mass is 273 g/mol. The van der Waals surface area contributed by atoms with Crippen LogP contribution in [0.4, 0.5) is 32.0 Å². The SMILES string of the molecule is Nc1cc(C(F)(F)F)cc(C(=O)O)c1C(F)(F)F. The summed E-state index contributed by atoms with van der Waals surface area (Å²) in [5.41, 5.74) is -1.30. The van der Waals surface area contributed by atoms with Crippen LogP contribution in [0.2, 0.25) is 0 Å². The molecule has 0 aliphatic carbocycles. The number of benzene rings is 1. The molecular formula is C9H5F6NO2. The Labute approximate surface area is 95.8 Å². The first-order chi connectivity index (χ1) is 7.94. The molecule has 0 unspecified atom stereocenters. The minimum absolute atomic E-state index is 0.0509. The molecule has 0 atom stereocenters. The van der Waals surface area contributed by atoms with Crippen LogP contribution in [0.1, 0.15) is 21.5 Å². The van der Waals surface area contributed by atoms with Crippen molar-refractivity contribution in [3.05, 3.63) is 28.8 Å². The molecule has 9 heteroatoms. The Balaban J connectivity index is 3.62. The second-order valence-electron chi connectivity index (χ2n) is 3.29. The van der Waals surface area contributed by atoms with Crippen molar-refractivity contribution in [3.63, 3.8) is 0 Å². The summed E-state index contributed by atoms with van der Waals surface area (Å²) < 4.78 is 74.3. The molecule has 0 aliphatic heterocycles. The van der Waals surface area contributed by atoms with Crippen LogP contribution in [0, 0.1) is 0 Å². The van der Waals surface area contributed by atoms with E-state index in [0.717, 1.165) is 0 Å². The Morgan fingerprint density at radius 2 is 1.56 bits per heavy atom. The summed E-state index contributed by atoms with van der Waals surface area (Å²) in [5.74, 6) is -2.14. The Morgan fingerprint density at radius 3 is 1.89 bits per heavy atom. The summed E-state index contributed by atoms with van der Waals surface area (Å²) in [4.78, 5) is 10.6. The first-order valence-electron chi connectivity index (χ1n) is 4.26. The van der Waals surface area contributed by atoms with Gasteiger partial charge in [0, 0.05) is 5.69 Å². The molecule has 1 aromatic carbocycles. The molecule has 0 saturated heterocycles. The third kappa shape index (κ3) is 2.66. The molecule has 0 spiro atoms. The van der Waals surface area contributed by atoms with Gasteiger partial charge in [0.2, 0.25) is 0 Å². The smallest absolute Gasteiger partial charge is 0.419 e. The largest absolute Gasteiger partial charge is 0.478 e. The fourth-order valence-electron chi connectivity index (χ4n) is 1.31. The second kappa shape index (κ2) is 4.07. The summed E-state index contributed by atoms with van der Waals surface area (Å²) in [5, 5.41) is 8.52. The van der Waals surface area contributed by atoms with Gasteiger partial charge in [0.25, 0.3) is 0 Å². The van der Waals surface area contributed by atoms with Gasteiger partial charge < -0.3 is 10.8 Å². The zero-order valence-electron chi connectivity index (χ0n) is 8.36. The summed E-state index contributed by atoms with van der Waals surface area (Å²) in [6.07, 6.45) is -10.1. The molecule has 0 amide bonds. The standard InChI is InChI=1S/C9H5F6NO2/c10-8(11,12)3-1-4(7(17)18)6(5(16)2-3)9(13,14)15/h1-2H,16H2,(H,17,18). The lowest BCUT2D eigenvalue weighted by molar-refractivity contribution is -0.141. The van der Waals surface area contributed by atoms with Gasteiger partial charge in [0.15, 0.2) is 0 Å². The molecule has 0 aliphatic rings. The lowest BCUT2D eigenvalue weighted by atomic mass is 10.0. The van der Waals surface area contributed by atoms with Gasteiger partial charge in [0.1, 0.15) is 0 Å². The fourth-order valence-corrected chi connectivity index (χ4v) is 1.31. The number of carboxylic acids is 1. The summed E-state index contributed by atoms with van der Waals surface area (Å²) >= 11 is 0. The summed E-state index contributed by atoms with van der Waals surface area (Å²) in [6, 6.07) is -0.0449. The van der Waals surface area contributed by atoms with Crippen molar-refractivity contribution in [3.8, 4) is 0 Å². The number of alkyl halides is 6. The lowest BCUT2D eigenvalue weighted by Crippen LogP contribution is -2.18. The molecule has 0 heterocycles. The predicted octanol–water partition coefficient (Wildman–Crippen LogP) is 3.00. The number of carbonyl (C=O) groups is 1. The number of nitrogens with two attached hydrogens (primary N) is 1. The molecule has 0 aromatic heterocycles. The normalized spacial score (nSPS) is 12.6. The van der Waals surface area contributed by atoms with Gasteiger partial charge in [-0.1, -0.05) is 0 Å². The van der Waals surface area contributed by atoms with Crippen molar-refractivity contribution in [2.24, 2.45) is 0 Å². The molecule has 1 aromatic rings. The molecule has 0 bridgehead atoms. The number of hydrogen-bond acceptors (Lipinski definition) is 2. The zero-order chi connectivity index (χ0) is 14.3. The Kier molecular flexibility index (Phi) is 3.20. The quantitative estimate of drug-likeness (QED) is 0.610. The van der Waals surface area contributed by atoms with Crippen molar-refractivity contribution in [1.29, 1.82) is 0 Å². The van der Waals surface area contributed by atoms with Gasteiger partial charge in [-0.05, 0) is 12.1 Å². The Bertz CT molecular complexity index is 491. The number of halogens is 6. The van der Waals surface area contributed by atoms with Crippen LogP contribution in [0.3, 0.4) is 0 Å². The average molecular weight is 273 g/mol. The molecule has 100 valence electrons. The highest BCUT2D eigenvalue weighted by Crippen LogP contribution is 2.40. The molecule has 3 N–H and O–H groups in total. The van der Waals surface area contributed by atoms with E-state index in [-0.39, 0.29) is 12.1 Å². The van der Waals surface area contributed by atoms with E-state index < -0.39 is 40.7 Å². The molecule has 0 fully saturated rings. The number of aromatic carboxylic acids is 1. The van der Waals surface area contributed by atoms with E-state index in [1.165, 1.54) is 0 Å². The third-order valence-electron chi connectivity index (χ3n) is 2.01. The van der Waals surface area contributed by atoms with Crippen molar-refractivity contribution < 1.29 is 36.2 Å². The first-order valence-corrected chi connectivity index (χ1v) is 4.26. The fraction of sp³-hybridized carbons (Fsp3) is 0.222. The molecule has 0 saturated carbocycles. The first kappa shape index (κ1) is 14.1. The molecule has 18 heavy (non-hydrogen) atoms. The topological polar surface area (TPSA) is 63.3 Å². The van der Waals surface area contributed by atoms with Crippen molar-refractivity contribution >= 4 is 11.7 Å². The van der Waals surface area contributed by atoms with Crippen molar-refractivity contribution in [2.45, 2.75) is 12.4 Å². The van der Waals surface area contributed by atoms with E-state index in [0.29, 0.717) is 0 Å². The van der Waals surface area contributed by atoms with Crippen molar-refractivity contribution in [2.75, 3.05) is 5.73 Å². The highest BCUT2D eigenvalue weighted by Gasteiger charge is 2.41.